The second-order valence-electron chi connectivity index (χ2n) is 7.26. The van der Waals surface area contributed by atoms with E-state index in [2.05, 4.69) is 10.6 Å². The van der Waals surface area contributed by atoms with Gasteiger partial charge < -0.3 is 24.9 Å². The van der Waals surface area contributed by atoms with E-state index in [0.717, 1.165) is 10.9 Å². The smallest absolute Gasteiger partial charge is 0.339 e. The Labute approximate surface area is 173 Å². The molecule has 1 aromatic heterocycles. The summed E-state index contributed by atoms with van der Waals surface area (Å²) in [5.41, 5.74) is 0.980. The first-order valence-corrected chi connectivity index (χ1v) is 9.53. The Kier molecular flexibility index (Phi) is 7.57. The zero-order valence-electron chi connectivity index (χ0n) is 17.4. The van der Waals surface area contributed by atoms with Crippen LogP contribution in [0.5, 0.6) is 5.75 Å². The number of hydrogen-bond donors (Lipinski definition) is 3. The maximum Gasteiger partial charge on any atom is 0.339 e. The Balaban J connectivity index is 1.98. The van der Waals surface area contributed by atoms with E-state index < -0.39 is 29.5 Å². The highest BCUT2D eigenvalue weighted by molar-refractivity contribution is 5.88. The highest BCUT2D eigenvalue weighted by Gasteiger charge is 2.23. The minimum Gasteiger partial charge on any atom is -0.497 e. The molecule has 2 rings (SSSR count). The van der Waals surface area contributed by atoms with E-state index in [9.17, 15) is 19.2 Å². The van der Waals surface area contributed by atoms with Gasteiger partial charge in [-0.3, -0.25) is 9.59 Å². The van der Waals surface area contributed by atoms with Crippen LogP contribution in [0.1, 0.15) is 31.4 Å². The number of carbonyl (C=O) groups is 3. The van der Waals surface area contributed by atoms with E-state index in [1.54, 1.807) is 39.0 Å². The van der Waals surface area contributed by atoms with Gasteiger partial charge in [-0.05, 0) is 37.0 Å². The monoisotopic (exact) mass is 418 g/mol. The predicted octanol–water partition coefficient (Wildman–Crippen LogP) is 1.38. The van der Waals surface area contributed by atoms with Crippen LogP contribution in [0.15, 0.2) is 27.4 Å². The Morgan fingerprint density at radius 1 is 1.20 bits per heavy atom. The van der Waals surface area contributed by atoms with E-state index in [1.807, 2.05) is 0 Å². The van der Waals surface area contributed by atoms with Gasteiger partial charge in [-0.15, -0.1) is 0 Å². The molecule has 1 unspecified atom stereocenters. The number of carboxylic acid groups (broad SMARTS) is 1. The number of aliphatic carboxylic acids is 1. The van der Waals surface area contributed by atoms with Crippen molar-refractivity contribution >= 4 is 28.8 Å². The third-order valence-electron chi connectivity index (χ3n) is 4.79. The van der Waals surface area contributed by atoms with Gasteiger partial charge in [0.1, 0.15) is 17.4 Å². The molecule has 0 radical (unpaired) electrons. The van der Waals surface area contributed by atoms with Crippen molar-refractivity contribution < 1.29 is 28.6 Å². The van der Waals surface area contributed by atoms with Gasteiger partial charge in [-0.1, -0.05) is 13.8 Å². The second-order valence-corrected chi connectivity index (χ2v) is 7.26. The zero-order chi connectivity index (χ0) is 22.4. The molecule has 2 amide bonds. The molecule has 30 heavy (non-hydrogen) atoms. The van der Waals surface area contributed by atoms with Crippen LogP contribution in [0, 0.1) is 12.8 Å². The van der Waals surface area contributed by atoms with E-state index in [-0.39, 0.29) is 25.3 Å². The molecule has 3 N–H and O–H groups in total. The number of hydrogen-bond acceptors (Lipinski definition) is 6. The van der Waals surface area contributed by atoms with Crippen LogP contribution in [0.4, 0.5) is 0 Å². The number of carbonyl (C=O) groups excluding carboxylic acids is 2. The molecule has 9 nitrogen and oxygen atoms in total. The molecule has 0 saturated carbocycles. The largest absolute Gasteiger partial charge is 0.497 e. The van der Waals surface area contributed by atoms with Crippen molar-refractivity contribution in [2.75, 3.05) is 13.7 Å². The van der Waals surface area contributed by atoms with Gasteiger partial charge in [0.25, 0.3) is 0 Å². The second kappa shape index (κ2) is 9.91. The van der Waals surface area contributed by atoms with Crippen molar-refractivity contribution in [3.8, 4) is 5.75 Å². The third-order valence-corrected chi connectivity index (χ3v) is 4.79. The van der Waals surface area contributed by atoms with Gasteiger partial charge in [0.2, 0.25) is 11.8 Å². The summed E-state index contributed by atoms with van der Waals surface area (Å²) in [6.07, 6.45) is 0.125. The number of rotatable bonds is 9. The number of fused-ring (bicyclic) bond motifs is 1. The molecule has 0 bridgehead atoms. The number of nitrogens with one attached hydrogen (secondary N) is 2. The highest BCUT2D eigenvalue weighted by atomic mass is 16.5. The van der Waals surface area contributed by atoms with Gasteiger partial charge in [0.15, 0.2) is 0 Å². The van der Waals surface area contributed by atoms with Crippen LogP contribution >= 0.6 is 0 Å². The van der Waals surface area contributed by atoms with Crippen molar-refractivity contribution in [2.45, 2.75) is 39.7 Å². The minimum atomic E-state index is -1.14. The number of ether oxygens (including phenoxy) is 1. The van der Waals surface area contributed by atoms with E-state index in [0.29, 0.717) is 16.9 Å². The van der Waals surface area contributed by atoms with E-state index in [4.69, 9.17) is 14.3 Å². The van der Waals surface area contributed by atoms with Crippen molar-refractivity contribution in [2.24, 2.45) is 5.92 Å². The van der Waals surface area contributed by atoms with Gasteiger partial charge in [0.05, 0.1) is 13.7 Å². The average Bonchev–Trinajstić information content (AvgIpc) is 2.69. The van der Waals surface area contributed by atoms with E-state index in [1.165, 1.54) is 7.11 Å². The van der Waals surface area contributed by atoms with Crippen LogP contribution in [0.3, 0.4) is 0 Å². The maximum absolute atomic E-state index is 12.3. The van der Waals surface area contributed by atoms with Gasteiger partial charge in [-0.25, -0.2) is 9.59 Å². The Morgan fingerprint density at radius 2 is 1.90 bits per heavy atom. The van der Waals surface area contributed by atoms with Crippen LogP contribution < -0.4 is 21.0 Å². The first-order valence-electron chi connectivity index (χ1n) is 9.53. The Morgan fingerprint density at radius 3 is 2.50 bits per heavy atom. The van der Waals surface area contributed by atoms with Crippen LogP contribution in [-0.2, 0) is 20.8 Å². The number of methoxy groups -OCH3 is 1. The lowest BCUT2D eigenvalue weighted by molar-refractivity contribution is -0.143. The fourth-order valence-corrected chi connectivity index (χ4v) is 3.03. The number of benzene rings is 1. The molecule has 0 fully saturated rings. The topological polar surface area (TPSA) is 135 Å². The molecular formula is C21H26N2O7. The molecule has 9 heteroatoms. The SMILES string of the molecule is COc1ccc2c(C)c(CCC(=O)NCC(=O)NC(C(=O)O)C(C)C)c(=O)oc2c1. The molecule has 1 heterocycles. The number of carboxylic acids is 1. The molecule has 0 aliphatic rings. The fraction of sp³-hybridized carbons (Fsp3) is 0.429. The van der Waals surface area contributed by atoms with Crippen LogP contribution in [0.2, 0.25) is 0 Å². The lowest BCUT2D eigenvalue weighted by Crippen LogP contribution is -2.48. The van der Waals surface area contributed by atoms with Crippen molar-refractivity contribution in [1.29, 1.82) is 0 Å². The zero-order valence-corrected chi connectivity index (χ0v) is 17.4. The summed E-state index contributed by atoms with van der Waals surface area (Å²) in [5.74, 6) is -1.90. The molecule has 0 saturated heterocycles. The summed E-state index contributed by atoms with van der Waals surface area (Å²) >= 11 is 0. The molecule has 1 aromatic carbocycles. The maximum atomic E-state index is 12.3. The third kappa shape index (κ3) is 5.59. The quantitative estimate of drug-likeness (QED) is 0.524. The fourth-order valence-electron chi connectivity index (χ4n) is 3.03. The van der Waals surface area contributed by atoms with Crippen LogP contribution in [0.25, 0.3) is 11.0 Å². The molecule has 162 valence electrons. The van der Waals surface area contributed by atoms with Gasteiger partial charge >= 0.3 is 11.6 Å². The van der Waals surface area contributed by atoms with Gasteiger partial charge in [-0.2, -0.15) is 0 Å². The summed E-state index contributed by atoms with van der Waals surface area (Å²) in [6.45, 7) is 4.78. The van der Waals surface area contributed by atoms with Crippen molar-refractivity contribution in [3.63, 3.8) is 0 Å². The molecule has 0 spiro atoms. The van der Waals surface area contributed by atoms with Gasteiger partial charge in [0, 0.05) is 23.4 Å². The average molecular weight is 418 g/mol. The summed E-state index contributed by atoms with van der Waals surface area (Å²) in [4.78, 5) is 47.4. The Bertz CT molecular complexity index is 1010. The first kappa shape index (κ1) is 22.9. The summed E-state index contributed by atoms with van der Waals surface area (Å²) in [6, 6.07) is 4.14. The first-order chi connectivity index (χ1) is 14.1. The van der Waals surface area contributed by atoms with Crippen molar-refractivity contribution in [1.82, 2.24) is 10.6 Å². The minimum absolute atomic E-state index is 0.0208. The summed E-state index contributed by atoms with van der Waals surface area (Å²) in [5, 5.41) is 14.6. The lowest BCUT2D eigenvalue weighted by atomic mass is 10.0. The highest BCUT2D eigenvalue weighted by Crippen LogP contribution is 2.24. The summed E-state index contributed by atoms with van der Waals surface area (Å²) in [7, 11) is 1.52. The number of aryl methyl sites for hydroxylation is 1. The predicted molar refractivity (Wildman–Crippen MR) is 110 cm³/mol. The molecular weight excluding hydrogens is 392 g/mol. The number of amides is 2. The van der Waals surface area contributed by atoms with E-state index >= 15 is 0 Å². The standard InChI is InChI=1S/C21H26N2O7/c1-11(2)19(20(26)27)23-18(25)10-22-17(24)8-7-15-12(3)14-6-5-13(29-4)9-16(14)30-21(15)28/h5-6,9,11,19H,7-8,10H2,1-4H3,(H,22,24)(H,23,25)(H,26,27). The molecule has 2 aromatic rings. The molecule has 1 atom stereocenters. The normalized spacial score (nSPS) is 11.9. The summed E-state index contributed by atoms with van der Waals surface area (Å²) < 4.78 is 10.5. The van der Waals surface area contributed by atoms with Crippen LogP contribution in [-0.4, -0.2) is 42.6 Å². The Hall–Kier alpha value is -3.36. The van der Waals surface area contributed by atoms with Crippen molar-refractivity contribution in [3.05, 3.63) is 39.7 Å². The molecule has 0 aliphatic heterocycles. The lowest BCUT2D eigenvalue weighted by Gasteiger charge is -2.18. The molecule has 0 aliphatic carbocycles.